The fourth-order valence-corrected chi connectivity index (χ4v) is 2.04. The van der Waals surface area contributed by atoms with Gasteiger partial charge in [-0.2, -0.15) is 0 Å². The van der Waals surface area contributed by atoms with Gasteiger partial charge in [0.2, 0.25) is 0 Å². The van der Waals surface area contributed by atoms with Crippen molar-refractivity contribution < 1.29 is 0 Å². The van der Waals surface area contributed by atoms with Crippen LogP contribution in [0, 0.1) is 6.92 Å². The Kier molecular flexibility index (Phi) is 3.03. The number of thiazole rings is 1. The van der Waals surface area contributed by atoms with E-state index in [-0.39, 0.29) is 0 Å². The van der Waals surface area contributed by atoms with Crippen LogP contribution >= 0.6 is 11.3 Å². The summed E-state index contributed by atoms with van der Waals surface area (Å²) in [5.41, 5.74) is 1.06. The van der Waals surface area contributed by atoms with Crippen LogP contribution in [0.1, 0.15) is 10.4 Å². The van der Waals surface area contributed by atoms with E-state index in [9.17, 15) is 0 Å². The molecule has 2 aromatic heterocycles. The molecule has 0 aliphatic carbocycles. The lowest BCUT2D eigenvalue weighted by atomic mass is 10.4. The summed E-state index contributed by atoms with van der Waals surface area (Å²) in [6.07, 6.45) is 5.47. The molecular weight excluding hydrogens is 208 g/mol. The minimum absolute atomic E-state index is 0.702. The predicted molar refractivity (Wildman–Crippen MR) is 60.6 cm³/mol. The third-order valence-corrected chi connectivity index (χ3v) is 2.87. The maximum atomic E-state index is 4.29. The average molecular weight is 220 g/mol. The van der Waals surface area contributed by atoms with Gasteiger partial charge in [0.25, 0.3) is 0 Å². The van der Waals surface area contributed by atoms with Crippen molar-refractivity contribution in [3.05, 3.63) is 29.0 Å². The van der Waals surface area contributed by atoms with E-state index in [1.165, 1.54) is 4.88 Å². The zero-order valence-electron chi connectivity index (χ0n) is 8.69. The van der Waals surface area contributed by atoms with E-state index in [2.05, 4.69) is 20.3 Å². The van der Waals surface area contributed by atoms with Crippen molar-refractivity contribution in [2.45, 2.75) is 13.5 Å². The molecule has 0 saturated carbocycles. The lowest BCUT2D eigenvalue weighted by molar-refractivity contribution is 0.829. The van der Waals surface area contributed by atoms with Crippen molar-refractivity contribution in [1.82, 2.24) is 20.3 Å². The predicted octanol–water partition coefficient (Wildman–Crippen LogP) is 1.63. The van der Waals surface area contributed by atoms with Gasteiger partial charge in [0, 0.05) is 30.0 Å². The van der Waals surface area contributed by atoms with Crippen molar-refractivity contribution >= 4 is 11.3 Å². The summed E-state index contributed by atoms with van der Waals surface area (Å²) in [7, 11) is 1.92. The van der Waals surface area contributed by atoms with Gasteiger partial charge < -0.3 is 5.32 Å². The number of nitrogens with zero attached hydrogens (tertiary/aromatic N) is 3. The van der Waals surface area contributed by atoms with Gasteiger partial charge in [0.1, 0.15) is 0 Å². The lowest BCUT2D eigenvalue weighted by Gasteiger charge is -1.94. The molecule has 5 heteroatoms. The number of aromatic nitrogens is 3. The first-order valence-corrected chi connectivity index (χ1v) is 5.49. The van der Waals surface area contributed by atoms with Crippen molar-refractivity contribution in [2.75, 3.05) is 7.05 Å². The standard InChI is InChI=1S/C10H12N4S/c1-7-3-12-9(13-4-7)10-14-6-8(15-10)5-11-2/h3-4,6,11H,5H2,1-2H3. The van der Waals surface area contributed by atoms with Crippen LogP contribution in [-0.4, -0.2) is 22.0 Å². The van der Waals surface area contributed by atoms with E-state index in [4.69, 9.17) is 0 Å². The molecule has 2 aromatic rings. The largest absolute Gasteiger partial charge is 0.315 e. The molecule has 0 bridgehead atoms. The van der Waals surface area contributed by atoms with Crippen LogP contribution in [-0.2, 0) is 6.54 Å². The van der Waals surface area contributed by atoms with Crippen LogP contribution in [0.25, 0.3) is 10.8 Å². The number of hydrogen-bond donors (Lipinski definition) is 1. The molecule has 0 fully saturated rings. The molecule has 0 aliphatic rings. The first-order chi connectivity index (χ1) is 7.29. The molecule has 15 heavy (non-hydrogen) atoms. The molecule has 2 rings (SSSR count). The van der Waals surface area contributed by atoms with Gasteiger partial charge in [-0.05, 0) is 19.5 Å². The first kappa shape index (κ1) is 10.2. The summed E-state index contributed by atoms with van der Waals surface area (Å²) in [5, 5.41) is 3.96. The fraction of sp³-hybridized carbons (Fsp3) is 0.300. The van der Waals surface area contributed by atoms with E-state index in [0.717, 1.165) is 17.1 Å². The van der Waals surface area contributed by atoms with E-state index in [0.29, 0.717) is 5.82 Å². The highest BCUT2D eigenvalue weighted by Gasteiger charge is 2.06. The molecule has 0 atom stereocenters. The summed E-state index contributed by atoms with van der Waals surface area (Å²) >= 11 is 1.62. The van der Waals surface area contributed by atoms with Crippen LogP contribution in [0.15, 0.2) is 18.6 Å². The Morgan fingerprint density at radius 3 is 2.60 bits per heavy atom. The number of hydrogen-bond acceptors (Lipinski definition) is 5. The second-order valence-electron chi connectivity index (χ2n) is 3.25. The Bertz CT molecular complexity index is 435. The molecule has 4 nitrogen and oxygen atoms in total. The molecule has 1 N–H and O–H groups in total. The third kappa shape index (κ3) is 2.37. The Morgan fingerprint density at radius 2 is 1.93 bits per heavy atom. The molecule has 0 unspecified atom stereocenters. The van der Waals surface area contributed by atoms with Crippen LogP contribution in [0.2, 0.25) is 0 Å². The van der Waals surface area contributed by atoms with Crippen molar-refractivity contribution in [2.24, 2.45) is 0 Å². The monoisotopic (exact) mass is 220 g/mol. The maximum Gasteiger partial charge on any atom is 0.188 e. The first-order valence-electron chi connectivity index (χ1n) is 4.68. The number of rotatable bonds is 3. The minimum atomic E-state index is 0.702. The van der Waals surface area contributed by atoms with Gasteiger partial charge in [-0.25, -0.2) is 15.0 Å². The highest BCUT2D eigenvalue weighted by Crippen LogP contribution is 2.21. The topological polar surface area (TPSA) is 50.7 Å². The van der Waals surface area contributed by atoms with Gasteiger partial charge in [0.05, 0.1) is 0 Å². The molecule has 0 spiro atoms. The van der Waals surface area contributed by atoms with Crippen LogP contribution in [0.5, 0.6) is 0 Å². The highest BCUT2D eigenvalue weighted by atomic mass is 32.1. The van der Waals surface area contributed by atoms with Crippen molar-refractivity contribution in [3.63, 3.8) is 0 Å². The summed E-state index contributed by atoms with van der Waals surface area (Å²) in [6, 6.07) is 0. The quantitative estimate of drug-likeness (QED) is 0.854. The van der Waals surface area contributed by atoms with Crippen molar-refractivity contribution in [1.29, 1.82) is 0 Å². The van der Waals surface area contributed by atoms with Gasteiger partial charge in [-0.1, -0.05) is 0 Å². The summed E-state index contributed by atoms with van der Waals surface area (Å²) in [4.78, 5) is 14.0. The molecule has 0 aliphatic heterocycles. The molecule has 0 saturated heterocycles. The van der Waals surface area contributed by atoms with Crippen LogP contribution in [0.4, 0.5) is 0 Å². The van der Waals surface area contributed by atoms with Crippen LogP contribution < -0.4 is 5.32 Å². The second-order valence-corrected chi connectivity index (χ2v) is 4.36. The van der Waals surface area contributed by atoms with Gasteiger partial charge >= 0.3 is 0 Å². The van der Waals surface area contributed by atoms with E-state index >= 15 is 0 Å². The van der Waals surface area contributed by atoms with E-state index < -0.39 is 0 Å². The van der Waals surface area contributed by atoms with Gasteiger partial charge in [0.15, 0.2) is 10.8 Å². The van der Waals surface area contributed by atoms with E-state index in [1.807, 2.05) is 32.6 Å². The SMILES string of the molecule is CNCc1cnc(-c2ncc(C)cn2)s1. The fourth-order valence-electron chi connectivity index (χ4n) is 1.17. The van der Waals surface area contributed by atoms with Crippen LogP contribution in [0.3, 0.4) is 0 Å². The Labute approximate surface area is 92.4 Å². The van der Waals surface area contributed by atoms with Gasteiger partial charge in [-0.3, -0.25) is 0 Å². The molecule has 2 heterocycles. The number of aryl methyl sites for hydroxylation is 1. The molecule has 0 amide bonds. The smallest absolute Gasteiger partial charge is 0.188 e. The molecule has 0 radical (unpaired) electrons. The zero-order valence-corrected chi connectivity index (χ0v) is 9.51. The lowest BCUT2D eigenvalue weighted by Crippen LogP contribution is -2.02. The Balaban J connectivity index is 2.25. The van der Waals surface area contributed by atoms with E-state index in [1.54, 1.807) is 11.3 Å². The molecule has 0 aromatic carbocycles. The second kappa shape index (κ2) is 4.46. The number of nitrogens with one attached hydrogen (secondary N) is 1. The normalized spacial score (nSPS) is 10.5. The van der Waals surface area contributed by atoms with Gasteiger partial charge in [-0.15, -0.1) is 11.3 Å². The third-order valence-electron chi connectivity index (χ3n) is 1.88. The summed E-state index contributed by atoms with van der Waals surface area (Å²) in [6.45, 7) is 2.81. The highest BCUT2D eigenvalue weighted by molar-refractivity contribution is 7.14. The molecule has 78 valence electrons. The molecular formula is C10H12N4S. The Hall–Kier alpha value is -1.33. The van der Waals surface area contributed by atoms with Crippen molar-refractivity contribution in [3.8, 4) is 10.8 Å². The zero-order chi connectivity index (χ0) is 10.7. The maximum absolute atomic E-state index is 4.29. The Morgan fingerprint density at radius 1 is 1.20 bits per heavy atom. The average Bonchev–Trinajstić information content (AvgIpc) is 2.68. The summed E-state index contributed by atoms with van der Waals surface area (Å²) in [5.74, 6) is 0.702. The minimum Gasteiger partial charge on any atom is -0.315 e. The summed E-state index contributed by atoms with van der Waals surface area (Å²) < 4.78 is 0.